The third kappa shape index (κ3) is 3.59. The maximum atomic E-state index is 11.8. The molecular weight excluding hydrogens is 224 g/mol. The standard InChI is InChI=1S/C11H20N2O4/c1-11(2,3)17-10(16)13-6-7(12-4)5-8(13)9(14)15/h7-8,12H,5-6H2,1-4H3,(H,14,15)/t7-,8-/m0/s1. The molecule has 0 spiro atoms. The summed E-state index contributed by atoms with van der Waals surface area (Å²) in [6, 6.07) is -0.800. The maximum Gasteiger partial charge on any atom is 0.411 e. The molecule has 17 heavy (non-hydrogen) atoms. The van der Waals surface area contributed by atoms with Gasteiger partial charge in [0.2, 0.25) is 0 Å². The fraction of sp³-hybridized carbons (Fsp3) is 0.818. The van der Waals surface area contributed by atoms with Crippen LogP contribution in [0.5, 0.6) is 0 Å². The number of carbonyl (C=O) groups excluding carboxylic acids is 1. The quantitative estimate of drug-likeness (QED) is 0.746. The second kappa shape index (κ2) is 4.91. The molecule has 2 atom stereocenters. The fourth-order valence-electron chi connectivity index (χ4n) is 1.80. The Balaban J connectivity index is 2.73. The highest BCUT2D eigenvalue weighted by Gasteiger charge is 2.40. The van der Waals surface area contributed by atoms with Gasteiger partial charge in [0, 0.05) is 12.6 Å². The van der Waals surface area contributed by atoms with E-state index < -0.39 is 23.7 Å². The first-order valence-electron chi connectivity index (χ1n) is 5.64. The normalized spacial score (nSPS) is 24.8. The van der Waals surface area contributed by atoms with Gasteiger partial charge in [0.15, 0.2) is 0 Å². The van der Waals surface area contributed by atoms with Crippen molar-refractivity contribution in [1.29, 1.82) is 0 Å². The topological polar surface area (TPSA) is 78.9 Å². The number of carbonyl (C=O) groups is 2. The Labute approximate surface area is 101 Å². The number of ether oxygens (including phenoxy) is 1. The van der Waals surface area contributed by atoms with Crippen LogP contribution >= 0.6 is 0 Å². The predicted octanol–water partition coefficient (Wildman–Crippen LogP) is 0.668. The number of hydrogen-bond donors (Lipinski definition) is 2. The Hall–Kier alpha value is -1.30. The van der Waals surface area contributed by atoms with Crippen LogP contribution in [0.2, 0.25) is 0 Å². The number of amides is 1. The highest BCUT2D eigenvalue weighted by molar-refractivity contribution is 5.81. The van der Waals surface area contributed by atoms with Gasteiger partial charge in [0.05, 0.1) is 0 Å². The van der Waals surface area contributed by atoms with Gasteiger partial charge in [-0.2, -0.15) is 0 Å². The van der Waals surface area contributed by atoms with E-state index in [0.717, 1.165) is 0 Å². The van der Waals surface area contributed by atoms with Crippen molar-refractivity contribution in [2.24, 2.45) is 0 Å². The number of carboxylic acid groups (broad SMARTS) is 1. The summed E-state index contributed by atoms with van der Waals surface area (Å²) in [6.45, 7) is 5.63. The summed E-state index contributed by atoms with van der Waals surface area (Å²) in [6.07, 6.45) is -0.159. The number of aliphatic carboxylic acids is 1. The Morgan fingerprint density at radius 3 is 2.41 bits per heavy atom. The molecule has 0 aliphatic carbocycles. The van der Waals surface area contributed by atoms with Crippen LogP contribution in [0.1, 0.15) is 27.2 Å². The van der Waals surface area contributed by atoms with E-state index in [1.54, 1.807) is 27.8 Å². The maximum absolute atomic E-state index is 11.8. The minimum atomic E-state index is -0.992. The second-order valence-electron chi connectivity index (χ2n) is 5.21. The van der Waals surface area contributed by atoms with Crippen molar-refractivity contribution in [3.05, 3.63) is 0 Å². The lowest BCUT2D eigenvalue weighted by molar-refractivity contribution is -0.142. The number of rotatable bonds is 2. The van der Waals surface area contributed by atoms with E-state index in [0.29, 0.717) is 13.0 Å². The van der Waals surface area contributed by atoms with Crippen LogP contribution in [-0.2, 0) is 9.53 Å². The first-order valence-corrected chi connectivity index (χ1v) is 5.64. The van der Waals surface area contributed by atoms with E-state index in [1.165, 1.54) is 4.90 Å². The van der Waals surface area contributed by atoms with Crippen molar-refractivity contribution in [3.63, 3.8) is 0 Å². The minimum absolute atomic E-state index is 0.00335. The van der Waals surface area contributed by atoms with Crippen LogP contribution in [0.25, 0.3) is 0 Å². The van der Waals surface area contributed by atoms with Gasteiger partial charge in [0.25, 0.3) is 0 Å². The largest absolute Gasteiger partial charge is 0.480 e. The van der Waals surface area contributed by atoms with Crippen molar-refractivity contribution in [2.45, 2.75) is 44.9 Å². The molecule has 98 valence electrons. The summed E-state index contributed by atoms with van der Waals surface area (Å²) in [5, 5.41) is 12.1. The average Bonchev–Trinajstić information content (AvgIpc) is 2.58. The molecule has 1 amide bonds. The predicted molar refractivity (Wildman–Crippen MR) is 61.8 cm³/mol. The number of hydrogen-bond acceptors (Lipinski definition) is 4. The molecule has 6 nitrogen and oxygen atoms in total. The van der Waals surface area contributed by atoms with Crippen molar-refractivity contribution in [3.8, 4) is 0 Å². The highest BCUT2D eigenvalue weighted by atomic mass is 16.6. The molecule has 1 heterocycles. The number of nitrogens with one attached hydrogen (secondary N) is 1. The van der Waals surface area contributed by atoms with Crippen molar-refractivity contribution in [1.82, 2.24) is 10.2 Å². The molecule has 0 aromatic rings. The molecule has 2 N–H and O–H groups in total. The van der Waals surface area contributed by atoms with Crippen molar-refractivity contribution in [2.75, 3.05) is 13.6 Å². The van der Waals surface area contributed by atoms with E-state index >= 15 is 0 Å². The monoisotopic (exact) mass is 244 g/mol. The zero-order valence-electron chi connectivity index (χ0n) is 10.7. The van der Waals surface area contributed by atoms with Gasteiger partial charge in [0.1, 0.15) is 11.6 Å². The average molecular weight is 244 g/mol. The summed E-state index contributed by atoms with van der Waals surface area (Å²) >= 11 is 0. The van der Waals surface area contributed by atoms with Gasteiger partial charge in [-0.3, -0.25) is 4.90 Å². The SMILES string of the molecule is CN[C@H]1C[C@@H](C(=O)O)N(C(=O)OC(C)(C)C)C1. The van der Waals surface area contributed by atoms with Crippen LogP contribution in [0, 0.1) is 0 Å². The molecule has 1 fully saturated rings. The second-order valence-corrected chi connectivity index (χ2v) is 5.21. The Morgan fingerprint density at radius 2 is 2.00 bits per heavy atom. The number of nitrogens with zero attached hydrogens (tertiary/aromatic N) is 1. The number of carboxylic acids is 1. The molecule has 1 rings (SSSR count). The zero-order chi connectivity index (χ0) is 13.2. The minimum Gasteiger partial charge on any atom is -0.480 e. The Bertz CT molecular complexity index is 311. The van der Waals surface area contributed by atoms with E-state index in [9.17, 15) is 9.59 Å². The van der Waals surface area contributed by atoms with Crippen LogP contribution in [0.3, 0.4) is 0 Å². The summed E-state index contributed by atoms with van der Waals surface area (Å²) in [5.74, 6) is -0.992. The molecule has 1 saturated heterocycles. The van der Waals surface area contributed by atoms with E-state index in [4.69, 9.17) is 9.84 Å². The van der Waals surface area contributed by atoms with Crippen LogP contribution < -0.4 is 5.32 Å². The third-order valence-corrected chi connectivity index (χ3v) is 2.62. The van der Waals surface area contributed by atoms with Gasteiger partial charge in [-0.05, 0) is 34.2 Å². The van der Waals surface area contributed by atoms with Gasteiger partial charge in [-0.25, -0.2) is 9.59 Å². The van der Waals surface area contributed by atoms with E-state index in [2.05, 4.69) is 5.32 Å². The summed E-state index contributed by atoms with van der Waals surface area (Å²) < 4.78 is 5.19. The van der Waals surface area contributed by atoms with Crippen LogP contribution in [0.4, 0.5) is 4.79 Å². The molecule has 1 aliphatic rings. The molecular formula is C11H20N2O4. The fourth-order valence-corrected chi connectivity index (χ4v) is 1.80. The lowest BCUT2D eigenvalue weighted by Crippen LogP contribution is -2.43. The molecule has 1 aliphatic heterocycles. The van der Waals surface area contributed by atoms with E-state index in [-0.39, 0.29) is 6.04 Å². The third-order valence-electron chi connectivity index (χ3n) is 2.62. The molecule has 0 bridgehead atoms. The first-order chi connectivity index (χ1) is 7.74. The molecule has 0 aromatic heterocycles. The van der Waals surface area contributed by atoms with Gasteiger partial charge in [-0.15, -0.1) is 0 Å². The molecule has 6 heteroatoms. The van der Waals surface area contributed by atoms with Crippen LogP contribution in [0.15, 0.2) is 0 Å². The van der Waals surface area contributed by atoms with E-state index in [1.807, 2.05) is 0 Å². The van der Waals surface area contributed by atoms with Gasteiger partial charge < -0.3 is 15.2 Å². The Morgan fingerprint density at radius 1 is 1.41 bits per heavy atom. The Kier molecular flexibility index (Phi) is 3.98. The summed E-state index contributed by atoms with van der Waals surface area (Å²) in [4.78, 5) is 24.2. The smallest absolute Gasteiger partial charge is 0.411 e. The summed E-state index contributed by atoms with van der Waals surface area (Å²) in [5.41, 5.74) is -0.613. The number of likely N-dealkylation sites (tertiary alicyclic amines) is 1. The first kappa shape index (κ1) is 13.8. The molecule has 0 unspecified atom stereocenters. The lowest BCUT2D eigenvalue weighted by atomic mass is 10.2. The number of likely N-dealkylation sites (N-methyl/N-ethyl adjacent to an activating group) is 1. The molecule has 0 radical (unpaired) electrons. The van der Waals surface area contributed by atoms with Gasteiger partial charge in [-0.1, -0.05) is 0 Å². The molecule has 0 aromatic carbocycles. The highest BCUT2D eigenvalue weighted by Crippen LogP contribution is 2.21. The van der Waals surface area contributed by atoms with Gasteiger partial charge >= 0.3 is 12.1 Å². The van der Waals surface area contributed by atoms with Crippen LogP contribution in [-0.4, -0.2) is 53.3 Å². The van der Waals surface area contributed by atoms with Crippen molar-refractivity contribution < 1.29 is 19.4 Å². The zero-order valence-corrected chi connectivity index (χ0v) is 10.7. The summed E-state index contributed by atoms with van der Waals surface area (Å²) in [7, 11) is 1.75. The molecule has 0 saturated carbocycles. The van der Waals surface area contributed by atoms with Crippen molar-refractivity contribution >= 4 is 12.1 Å². The lowest BCUT2D eigenvalue weighted by Gasteiger charge is -2.26.